The van der Waals surface area contributed by atoms with Gasteiger partial charge in [-0.1, -0.05) is 0 Å². The summed E-state index contributed by atoms with van der Waals surface area (Å²) in [7, 11) is -2.76. The first-order valence-corrected chi connectivity index (χ1v) is 33.2. The zero-order valence-electron chi connectivity index (χ0n) is 33.2. The van der Waals surface area contributed by atoms with Crippen LogP contribution in [0.15, 0.2) is 158 Å². The Morgan fingerprint density at radius 3 is 1.02 bits per heavy atom. The molecule has 1 heterocycles. The predicted molar refractivity (Wildman–Crippen MR) is 233 cm³/mol. The summed E-state index contributed by atoms with van der Waals surface area (Å²) in [6.45, 7) is 15.6. The summed E-state index contributed by atoms with van der Waals surface area (Å²) in [4.78, 5) is 0. The summed E-state index contributed by atoms with van der Waals surface area (Å²) in [5, 5.41) is 3.44. The van der Waals surface area contributed by atoms with Crippen LogP contribution in [0.2, 0.25) is 19.4 Å². The number of hydrogen-bond donors (Lipinski definition) is 0. The van der Waals surface area contributed by atoms with Gasteiger partial charge in [0.25, 0.3) is 0 Å². The van der Waals surface area contributed by atoms with Gasteiger partial charge in [-0.2, -0.15) is 0 Å². The first-order valence-electron chi connectivity index (χ1n) is 19.9. The van der Waals surface area contributed by atoms with E-state index in [0.717, 1.165) is 0 Å². The zero-order valence-corrected chi connectivity index (χ0v) is 37.8. The van der Waals surface area contributed by atoms with Gasteiger partial charge in [0, 0.05) is 0 Å². The minimum absolute atomic E-state index is 0.00273. The van der Waals surface area contributed by atoms with Crippen molar-refractivity contribution in [3.05, 3.63) is 191 Å². The molecule has 0 nitrogen and oxygen atoms in total. The van der Waals surface area contributed by atoms with E-state index >= 15 is 0 Å². The number of hydrogen-bond acceptors (Lipinski definition) is 0. The van der Waals surface area contributed by atoms with Crippen LogP contribution in [-0.2, 0) is 20.0 Å². The Hall–Kier alpha value is -4.11. The Kier molecular flexibility index (Phi) is 8.38. The Morgan fingerprint density at radius 1 is 0.370 bits per heavy atom. The fourth-order valence-electron chi connectivity index (χ4n) is 11.7. The fourth-order valence-corrected chi connectivity index (χ4v) is 37.2. The molecule has 3 aliphatic rings. The van der Waals surface area contributed by atoms with Crippen LogP contribution in [0.4, 0.5) is 0 Å². The molecule has 6 aromatic carbocycles. The second-order valence-corrected chi connectivity index (χ2v) is 41.3. The molecule has 0 saturated heterocycles. The van der Waals surface area contributed by atoms with Crippen LogP contribution >= 0.6 is 0 Å². The van der Waals surface area contributed by atoms with Gasteiger partial charge in [0.05, 0.1) is 0 Å². The molecule has 2 atom stereocenters. The second-order valence-electron chi connectivity index (χ2n) is 18.6. The summed E-state index contributed by atoms with van der Waals surface area (Å²) < 4.78 is 6.50. The molecule has 0 radical (unpaired) electrons. The van der Waals surface area contributed by atoms with E-state index in [2.05, 4.69) is 209 Å². The maximum atomic E-state index is 2.81. The van der Waals surface area contributed by atoms with Gasteiger partial charge in [-0.05, 0) is 0 Å². The van der Waals surface area contributed by atoms with Gasteiger partial charge < -0.3 is 0 Å². The average Bonchev–Trinajstić information content (AvgIpc) is 3.71. The molecule has 54 heavy (non-hydrogen) atoms. The predicted octanol–water partition coefficient (Wildman–Crippen LogP) is 15.0. The first kappa shape index (κ1) is 35.6. The van der Waals surface area contributed by atoms with E-state index < -0.39 is 28.0 Å². The molecule has 2 heteroatoms. The van der Waals surface area contributed by atoms with Crippen molar-refractivity contribution >= 4 is 29.6 Å². The molecule has 0 fully saturated rings. The van der Waals surface area contributed by atoms with E-state index in [1.165, 1.54) is 33.4 Å². The molecule has 2 unspecified atom stereocenters. The van der Waals surface area contributed by atoms with E-state index in [1.807, 2.05) is 0 Å². The van der Waals surface area contributed by atoms with Crippen molar-refractivity contribution in [1.29, 1.82) is 0 Å². The molecule has 0 spiro atoms. The van der Waals surface area contributed by atoms with Crippen molar-refractivity contribution in [2.45, 2.75) is 68.3 Å². The topological polar surface area (TPSA) is 0 Å². The summed E-state index contributed by atoms with van der Waals surface area (Å²) in [6.07, 6.45) is 0. The standard InChI is InChI=1S/C50H46Si.2CH3.Hf/c1-49(2,3)51(50(4,5)6,47-43-23-15-13-21-41(43)33-45(47)39-29-25-37(26-30-39)35-17-9-7-10-18-35)48-44-24-16-14-22-42(44)34-46(48)40-31-27-38(28-32-40)36-19-11-8-12-20-36;;;/h7-34H,1-6H3;2*1H3;. The molecule has 0 amide bonds. The molecule has 4 bridgehead atoms. The third-order valence-electron chi connectivity index (χ3n) is 13.3. The van der Waals surface area contributed by atoms with Crippen LogP contribution in [0.3, 0.4) is 0 Å². The molecule has 6 aromatic rings. The van der Waals surface area contributed by atoms with Gasteiger partial charge in [0.2, 0.25) is 0 Å². The minimum atomic E-state index is -3.55. The van der Waals surface area contributed by atoms with Gasteiger partial charge >= 0.3 is 331 Å². The van der Waals surface area contributed by atoms with Crippen molar-refractivity contribution in [2.75, 3.05) is 0 Å². The molecule has 0 saturated carbocycles. The van der Waals surface area contributed by atoms with Gasteiger partial charge in [-0.15, -0.1) is 0 Å². The number of benzene rings is 6. The maximum absolute atomic E-state index is 3.55. The van der Waals surface area contributed by atoms with Crippen LogP contribution in [0.5, 0.6) is 0 Å². The van der Waals surface area contributed by atoms with Crippen LogP contribution in [0.25, 0.3) is 43.8 Å². The molecular weight excluding hydrogens is 831 g/mol. The Morgan fingerprint density at radius 2 is 0.667 bits per heavy atom. The van der Waals surface area contributed by atoms with E-state index in [9.17, 15) is 0 Å². The monoisotopic (exact) mass is 884 g/mol. The molecular formula is C52H52HfSi. The quantitative estimate of drug-likeness (QED) is 0.155. The summed E-state index contributed by atoms with van der Waals surface area (Å²) in [5.41, 5.74) is 17.7. The van der Waals surface area contributed by atoms with Crippen LogP contribution in [0.1, 0.15) is 82.3 Å². The van der Waals surface area contributed by atoms with Crippen molar-refractivity contribution in [2.24, 2.45) is 0 Å². The van der Waals surface area contributed by atoms with Gasteiger partial charge in [0.1, 0.15) is 0 Å². The Balaban J connectivity index is 1.42. The van der Waals surface area contributed by atoms with Crippen molar-refractivity contribution in [3.63, 3.8) is 0 Å². The second kappa shape index (κ2) is 12.7. The number of allylic oxidation sites excluding steroid dienone is 2. The summed E-state index contributed by atoms with van der Waals surface area (Å²) in [6, 6.07) is 60.7. The number of rotatable bonds is 4. The SMILES string of the molecule is CC(C)(C)[Si]1(C(C)(C)C)C2=C(c3ccc(-c4ccccc4)cc3)[CH](c3ccccc32)[Hf]([CH3])([CH3])[CH]2C(c3ccc(-c4ccccc4)cc3)=C1c1ccccc12. The van der Waals surface area contributed by atoms with Crippen LogP contribution in [0, 0.1) is 0 Å². The van der Waals surface area contributed by atoms with Crippen molar-refractivity contribution < 1.29 is 20.0 Å². The van der Waals surface area contributed by atoms with Crippen molar-refractivity contribution in [3.8, 4) is 22.3 Å². The molecule has 268 valence electrons. The Bertz CT molecular complexity index is 2280. The number of fused-ring (bicyclic) bond motifs is 8. The molecule has 1 aliphatic heterocycles. The normalized spacial score (nSPS) is 19.6. The van der Waals surface area contributed by atoms with E-state index in [4.69, 9.17) is 0 Å². The van der Waals surface area contributed by atoms with Gasteiger partial charge in [0.15, 0.2) is 0 Å². The van der Waals surface area contributed by atoms with Crippen molar-refractivity contribution in [1.82, 2.24) is 0 Å². The summed E-state index contributed by atoms with van der Waals surface area (Å²) in [5.74, 6) is 0. The Labute approximate surface area is 329 Å². The van der Waals surface area contributed by atoms with Crippen LogP contribution < -0.4 is 0 Å². The third kappa shape index (κ3) is 5.08. The molecule has 9 rings (SSSR count). The van der Waals surface area contributed by atoms with E-state index in [-0.39, 0.29) is 10.1 Å². The molecule has 2 aliphatic carbocycles. The first-order chi connectivity index (χ1) is 25.9. The fraction of sp³-hybridized carbons (Fsp3) is 0.231. The van der Waals surface area contributed by atoms with Gasteiger partial charge in [-0.25, -0.2) is 0 Å². The molecule has 0 aromatic heterocycles. The van der Waals surface area contributed by atoms with Crippen LogP contribution in [-0.4, -0.2) is 8.07 Å². The van der Waals surface area contributed by atoms with Gasteiger partial charge in [-0.3, -0.25) is 0 Å². The average molecular weight is 884 g/mol. The molecule has 0 N–H and O–H groups in total. The zero-order chi connectivity index (χ0) is 37.6. The van der Waals surface area contributed by atoms with E-state index in [0.29, 0.717) is 7.35 Å². The third-order valence-corrected chi connectivity index (χ3v) is 35.4. The summed E-state index contributed by atoms with van der Waals surface area (Å²) >= 11 is -3.55. The van der Waals surface area contributed by atoms with E-state index in [1.54, 1.807) is 43.8 Å².